The number of amides is 2. The molecule has 0 aliphatic carbocycles. The van der Waals surface area contributed by atoms with E-state index in [0.29, 0.717) is 29.2 Å². The van der Waals surface area contributed by atoms with Crippen molar-refractivity contribution in [1.82, 2.24) is 10.6 Å². The predicted octanol–water partition coefficient (Wildman–Crippen LogP) is 1.93. The number of thiocarbonyl (C=S) groups is 1. The van der Waals surface area contributed by atoms with Crippen molar-refractivity contribution >= 4 is 34.8 Å². The normalized spacial score (nSPS) is 10.0. The molecule has 142 valence electrons. The van der Waals surface area contributed by atoms with Gasteiger partial charge in [-0.15, -0.1) is 0 Å². The molecule has 0 heterocycles. The van der Waals surface area contributed by atoms with Crippen LogP contribution in [-0.4, -0.2) is 41.8 Å². The lowest BCUT2D eigenvalue weighted by Gasteiger charge is -2.14. The van der Waals surface area contributed by atoms with Gasteiger partial charge >= 0.3 is 0 Å². The number of hydrogen-bond acceptors (Lipinski definition) is 5. The van der Waals surface area contributed by atoms with Gasteiger partial charge in [0.25, 0.3) is 11.8 Å². The second-order valence-corrected chi connectivity index (χ2v) is 5.77. The molecular weight excluding hydrogens is 366 g/mol. The molecule has 2 amide bonds. The number of aliphatic hydroxyl groups is 1. The van der Waals surface area contributed by atoms with Crippen LogP contribution in [-0.2, 0) is 0 Å². The van der Waals surface area contributed by atoms with Gasteiger partial charge in [-0.25, -0.2) is 0 Å². The number of hydrogen-bond donors (Lipinski definition) is 4. The summed E-state index contributed by atoms with van der Waals surface area (Å²) in [5, 5.41) is 16.9. The Morgan fingerprint density at radius 2 is 1.70 bits per heavy atom. The van der Waals surface area contributed by atoms with Crippen LogP contribution in [0.1, 0.15) is 27.6 Å². The van der Waals surface area contributed by atoms with Crippen LogP contribution in [0.2, 0.25) is 0 Å². The van der Waals surface area contributed by atoms with E-state index in [1.807, 2.05) is 6.92 Å². The van der Waals surface area contributed by atoms with Crippen molar-refractivity contribution < 1.29 is 19.4 Å². The number of carbonyl (C=O) groups is 2. The minimum Gasteiger partial charge on any atom is -0.493 e. The lowest BCUT2D eigenvalue weighted by atomic mass is 10.1. The number of carbonyl (C=O) groups excluding carboxylic acids is 2. The molecule has 0 unspecified atom stereocenters. The Kier molecular flexibility index (Phi) is 7.72. The summed E-state index contributed by atoms with van der Waals surface area (Å²) in [6, 6.07) is 13.6. The zero-order chi connectivity index (χ0) is 19.6. The van der Waals surface area contributed by atoms with E-state index in [2.05, 4.69) is 16.0 Å². The van der Waals surface area contributed by atoms with Gasteiger partial charge in [-0.1, -0.05) is 24.3 Å². The van der Waals surface area contributed by atoms with E-state index in [0.717, 1.165) is 0 Å². The molecule has 2 aromatic carbocycles. The molecule has 2 aromatic rings. The van der Waals surface area contributed by atoms with Gasteiger partial charge in [0.15, 0.2) is 5.11 Å². The lowest BCUT2D eigenvalue weighted by molar-refractivity contribution is 0.0944. The molecule has 0 aromatic heterocycles. The molecule has 4 N–H and O–H groups in total. The highest BCUT2D eigenvalue weighted by Crippen LogP contribution is 2.18. The molecule has 7 nitrogen and oxygen atoms in total. The van der Waals surface area contributed by atoms with Crippen molar-refractivity contribution in [2.24, 2.45) is 0 Å². The van der Waals surface area contributed by atoms with E-state index in [-0.39, 0.29) is 24.2 Å². The highest BCUT2D eigenvalue weighted by Gasteiger charge is 2.15. The minimum absolute atomic E-state index is 0.0497. The van der Waals surface area contributed by atoms with Crippen LogP contribution in [0.15, 0.2) is 48.5 Å². The van der Waals surface area contributed by atoms with Gasteiger partial charge in [0.2, 0.25) is 0 Å². The lowest BCUT2D eigenvalue weighted by Crippen LogP contribution is -2.35. The summed E-state index contributed by atoms with van der Waals surface area (Å²) in [6.07, 6.45) is 0. The molecule has 27 heavy (non-hydrogen) atoms. The monoisotopic (exact) mass is 387 g/mol. The summed E-state index contributed by atoms with van der Waals surface area (Å²) < 4.78 is 5.45. The fraction of sp³-hybridized carbons (Fsp3) is 0.211. The van der Waals surface area contributed by atoms with Crippen LogP contribution in [0.25, 0.3) is 0 Å². The number of rotatable bonds is 7. The zero-order valence-electron chi connectivity index (χ0n) is 14.8. The number of aliphatic hydroxyl groups excluding tert-OH is 1. The Bertz CT molecular complexity index is 826. The molecule has 0 atom stereocenters. The van der Waals surface area contributed by atoms with Crippen LogP contribution >= 0.6 is 12.2 Å². The van der Waals surface area contributed by atoms with Gasteiger partial charge < -0.3 is 20.5 Å². The molecule has 8 heteroatoms. The topological polar surface area (TPSA) is 99.7 Å². The standard InChI is InChI=1S/C19H21N3O4S/c1-2-26-16-10-6-4-8-14(16)18(25)22-19(27)21-15-9-5-3-7-13(15)17(24)20-11-12-23/h3-10,23H,2,11-12H2,1H3,(H,20,24)(H2,21,22,25,27). The molecule has 0 bridgehead atoms. The fourth-order valence-electron chi connectivity index (χ4n) is 2.31. The van der Waals surface area contributed by atoms with Gasteiger partial charge in [0, 0.05) is 6.54 Å². The Labute approximate surface area is 162 Å². The Morgan fingerprint density at radius 1 is 1.04 bits per heavy atom. The van der Waals surface area contributed by atoms with Gasteiger partial charge in [0.05, 0.1) is 30.0 Å². The summed E-state index contributed by atoms with van der Waals surface area (Å²) in [4.78, 5) is 24.6. The average Bonchev–Trinajstić information content (AvgIpc) is 2.67. The zero-order valence-corrected chi connectivity index (χ0v) is 15.6. The van der Waals surface area contributed by atoms with Gasteiger partial charge in [-0.3, -0.25) is 14.9 Å². The molecular formula is C19H21N3O4S. The Balaban J connectivity index is 2.08. The summed E-state index contributed by atoms with van der Waals surface area (Å²) in [6.45, 7) is 2.25. The smallest absolute Gasteiger partial charge is 0.261 e. The predicted molar refractivity (Wildman–Crippen MR) is 107 cm³/mol. The number of para-hydroxylation sites is 2. The van der Waals surface area contributed by atoms with Crippen molar-refractivity contribution in [3.8, 4) is 5.75 Å². The van der Waals surface area contributed by atoms with E-state index in [9.17, 15) is 9.59 Å². The van der Waals surface area contributed by atoms with Crippen LogP contribution in [0.4, 0.5) is 5.69 Å². The molecule has 2 rings (SSSR count). The molecule has 0 aliphatic rings. The first-order chi connectivity index (χ1) is 13.1. The van der Waals surface area contributed by atoms with Crippen molar-refractivity contribution in [2.75, 3.05) is 25.1 Å². The molecule has 0 fully saturated rings. The largest absolute Gasteiger partial charge is 0.493 e. The maximum Gasteiger partial charge on any atom is 0.261 e. The van der Waals surface area contributed by atoms with Crippen LogP contribution in [0, 0.1) is 0 Å². The number of anilines is 1. The molecule has 0 saturated heterocycles. The van der Waals surface area contributed by atoms with E-state index in [1.54, 1.807) is 48.5 Å². The van der Waals surface area contributed by atoms with E-state index in [1.165, 1.54) is 0 Å². The van der Waals surface area contributed by atoms with Crippen molar-refractivity contribution in [3.05, 3.63) is 59.7 Å². The van der Waals surface area contributed by atoms with Gasteiger partial charge in [0.1, 0.15) is 5.75 Å². The first kappa shape index (κ1) is 20.3. The van der Waals surface area contributed by atoms with E-state index >= 15 is 0 Å². The van der Waals surface area contributed by atoms with Gasteiger partial charge in [-0.05, 0) is 43.4 Å². The van der Waals surface area contributed by atoms with Crippen molar-refractivity contribution in [2.45, 2.75) is 6.92 Å². The summed E-state index contributed by atoms with van der Waals surface area (Å²) in [7, 11) is 0. The second kappa shape index (κ2) is 10.2. The highest BCUT2D eigenvalue weighted by molar-refractivity contribution is 7.80. The van der Waals surface area contributed by atoms with Crippen LogP contribution in [0.5, 0.6) is 5.75 Å². The minimum atomic E-state index is -0.418. The molecule has 0 spiro atoms. The number of nitrogens with one attached hydrogen (secondary N) is 3. The van der Waals surface area contributed by atoms with Crippen LogP contribution in [0.3, 0.4) is 0 Å². The number of ether oxygens (including phenoxy) is 1. The third-order valence-electron chi connectivity index (χ3n) is 3.48. The molecule has 0 saturated carbocycles. The third kappa shape index (κ3) is 5.77. The first-order valence-electron chi connectivity index (χ1n) is 8.39. The second-order valence-electron chi connectivity index (χ2n) is 5.36. The maximum atomic E-state index is 12.5. The third-order valence-corrected chi connectivity index (χ3v) is 3.68. The quantitative estimate of drug-likeness (QED) is 0.542. The SMILES string of the molecule is CCOc1ccccc1C(=O)NC(=S)Nc1ccccc1C(=O)NCCO. The Hall–Kier alpha value is -2.97. The average molecular weight is 387 g/mol. The summed E-state index contributed by atoms with van der Waals surface area (Å²) in [5.41, 5.74) is 1.14. The Morgan fingerprint density at radius 3 is 2.41 bits per heavy atom. The van der Waals surface area contributed by atoms with Crippen molar-refractivity contribution in [3.63, 3.8) is 0 Å². The maximum absolute atomic E-state index is 12.5. The highest BCUT2D eigenvalue weighted by atomic mass is 32.1. The molecule has 0 aliphatic heterocycles. The van der Waals surface area contributed by atoms with Crippen LogP contribution < -0.4 is 20.7 Å². The van der Waals surface area contributed by atoms with E-state index < -0.39 is 5.91 Å². The summed E-state index contributed by atoms with van der Waals surface area (Å²) >= 11 is 5.20. The van der Waals surface area contributed by atoms with Crippen molar-refractivity contribution in [1.29, 1.82) is 0 Å². The first-order valence-corrected chi connectivity index (χ1v) is 8.80. The summed E-state index contributed by atoms with van der Waals surface area (Å²) in [5.74, 6) is -0.314. The number of benzene rings is 2. The molecule has 0 radical (unpaired) electrons. The fourth-order valence-corrected chi connectivity index (χ4v) is 2.52. The van der Waals surface area contributed by atoms with Gasteiger partial charge in [-0.2, -0.15) is 0 Å². The van der Waals surface area contributed by atoms with E-state index in [4.69, 9.17) is 22.1 Å².